The molecule has 8 aliphatic carbocycles. The second-order valence-corrected chi connectivity index (χ2v) is 44.5. The van der Waals surface area contributed by atoms with Crippen molar-refractivity contribution in [3.8, 4) is 12.3 Å². The molecule has 4 amide bonds. The zero-order valence-corrected chi connectivity index (χ0v) is 65.3. The van der Waals surface area contributed by atoms with Crippen molar-refractivity contribution in [3.63, 3.8) is 0 Å². The number of rotatable bonds is 11. The summed E-state index contributed by atoms with van der Waals surface area (Å²) in [7, 11) is 0.628. The molecule has 14 nitrogen and oxygen atoms in total. The minimum atomic E-state index is -0.605. The molecule has 8 fully saturated rings. The van der Waals surface area contributed by atoms with Crippen LogP contribution < -0.4 is 0 Å². The Kier molecular flexibility index (Phi) is 27.1. The number of carbonyl (C=O) groups is 4. The molecule has 0 saturated heterocycles. The molecule has 0 radical (unpaired) electrons. The van der Waals surface area contributed by atoms with Gasteiger partial charge in [-0.05, 0) is 239 Å². The fourth-order valence-electron chi connectivity index (χ4n) is 20.1. The molecule has 5 N–H and O–H groups in total. The van der Waals surface area contributed by atoms with Gasteiger partial charge in [-0.1, -0.05) is 125 Å². The van der Waals surface area contributed by atoms with Crippen LogP contribution in [0.3, 0.4) is 0 Å². The molecule has 13 rings (SSSR count). The Morgan fingerprint density at radius 2 is 1.06 bits per heavy atom. The first-order chi connectivity index (χ1) is 43.1. The molecule has 2 aliphatic heterocycles. The number of carbonyl (C=O) groups excluding carboxylic acids is 4. The average molecular weight is 1840 g/mol. The Balaban J connectivity index is 0.000000181. The second-order valence-electron chi connectivity index (χ2n) is 28.3. The van der Waals surface area contributed by atoms with Gasteiger partial charge in [0.05, 0.1) is 53.8 Å². The van der Waals surface area contributed by atoms with Crippen LogP contribution in [0.2, 0.25) is 0 Å². The number of terminal acetylenes is 1. The van der Waals surface area contributed by atoms with Crippen molar-refractivity contribution >= 4 is 138 Å². The molecule has 8 saturated carbocycles. The Labute approximate surface area is 605 Å². The van der Waals surface area contributed by atoms with E-state index >= 15 is 0 Å². The fourth-order valence-corrected chi connectivity index (χ4v) is 20.1. The predicted molar refractivity (Wildman–Crippen MR) is 391 cm³/mol. The molecule has 4 unspecified atom stereocenters. The van der Waals surface area contributed by atoms with Crippen molar-refractivity contribution in [1.29, 1.82) is 0 Å². The van der Waals surface area contributed by atoms with E-state index in [2.05, 4.69) is 152 Å². The number of aliphatic hydroxyl groups is 4. The normalized spacial score (nSPS) is 36.5. The molecule has 0 bridgehead atoms. The summed E-state index contributed by atoms with van der Waals surface area (Å²) in [6.07, 6.45) is 30.0. The number of nitrogens with zero attached hydrogens (tertiary/aromatic N) is 4. The second kappa shape index (κ2) is 32.6. The van der Waals surface area contributed by atoms with Gasteiger partial charge in [-0.15, -0.1) is 17.5 Å². The van der Waals surface area contributed by atoms with Gasteiger partial charge in [0, 0.05) is 38.2 Å². The number of oxime groups is 1. The number of alkyl halides is 3. The van der Waals surface area contributed by atoms with Crippen LogP contribution in [0, 0.1) is 81.3 Å². The standard InChI is InChI=1S/C34H44N2O5.C22H37NO3.C12H9NO2.CH2I2.CH3I.2HI.V/c1-32-15-12-24(37)19-22(32)8-10-29-28(32)13-16-33(2)21(11-17-34(29,33)40)7-9-23-20-25(41-35-23)14-18-36-30(38)26-5-3-4-6-27(26)31(36)39;1-20-10-8-17(24)14-16(20)5-6-19-18(20)9-11-21(2)15(4-3-13-23-26)7-12-22(19,21)25;1-2-3-8-13-11(14)9-6-4-5-7-10(9)12(13)15;2-1-3;1-2;;;/h3-6,20-22,24,28-29,37,40H,7-19H2,1-2H3;13,15-19,24-26H,3-12,14H2,1-2H3;1,4-7H,3,8H2;1H2;1H3;2*1H;/q;;;;;;;+2/p-2/b;23-13+;;;;;;/t21-,22+,24-,28?,29?,32-,33+,34-;15-,16+,17-,18?,19?,20-,21+,22-;;;;;;/m00....../s1. The van der Waals surface area contributed by atoms with Crippen molar-refractivity contribution in [2.24, 2.45) is 74.2 Å². The van der Waals surface area contributed by atoms with E-state index in [1.165, 1.54) is 31.5 Å². The zero-order valence-electron chi connectivity index (χ0n) is 53.1. The molecule has 2 aromatic carbocycles. The van der Waals surface area contributed by atoms with Crippen molar-refractivity contribution in [2.45, 2.75) is 205 Å². The first-order valence-corrected chi connectivity index (χ1v) is 47.0. The van der Waals surface area contributed by atoms with Crippen LogP contribution in [-0.4, -0.2) is 114 Å². The summed E-state index contributed by atoms with van der Waals surface area (Å²) in [4.78, 5) is 53.3. The average Bonchev–Trinajstić information content (AvgIpc) is 1.33. The fraction of sp³-hybridized carbons (Fsp3) is 0.686. The summed E-state index contributed by atoms with van der Waals surface area (Å²) in [5.41, 5.74) is 2.14. The maximum atomic E-state index is 12.7. The summed E-state index contributed by atoms with van der Waals surface area (Å²) in [6.45, 7) is 10.2. The summed E-state index contributed by atoms with van der Waals surface area (Å²) in [6, 6.07) is 15.7. The first kappa shape index (κ1) is 74.8. The third kappa shape index (κ3) is 14.7. The maximum absolute atomic E-state index is 12.7. The van der Waals surface area contributed by atoms with Crippen LogP contribution in [0.15, 0.2) is 64.3 Å². The molecule has 3 heterocycles. The Bertz CT molecular complexity index is 2970. The summed E-state index contributed by atoms with van der Waals surface area (Å²) >= 11 is 11.4. The quantitative estimate of drug-likeness (QED) is 0.0232. The number of benzene rings is 2. The van der Waals surface area contributed by atoms with Gasteiger partial charge in [0.1, 0.15) is 5.76 Å². The van der Waals surface area contributed by atoms with Crippen LogP contribution in [-0.2, 0) is 22.3 Å². The van der Waals surface area contributed by atoms with Crippen molar-refractivity contribution in [1.82, 2.24) is 15.0 Å². The van der Waals surface area contributed by atoms with Gasteiger partial charge < -0.3 is 30.2 Å². The van der Waals surface area contributed by atoms with E-state index in [4.69, 9.17) is 16.2 Å². The number of hydrogen-bond acceptors (Lipinski definition) is 12. The molecule has 3 aromatic rings. The monoisotopic (exact) mass is 1840 g/mol. The summed E-state index contributed by atoms with van der Waals surface area (Å²) in [5, 5.41) is 61.1. The number of imide groups is 2. The van der Waals surface area contributed by atoms with E-state index in [1.54, 1.807) is 54.7 Å². The molecule has 90 heavy (non-hydrogen) atoms. The van der Waals surface area contributed by atoms with E-state index in [0.29, 0.717) is 110 Å². The SMILES string of the molecule is C#CCCN1C(=O)c2ccccc2C1=O.CI.C[C@]12CC[C@H](O)C[C@H]1CCC1C2CC[C@]2(C)[C@@H](CC/C=N/O)CC[C@]12O.C[C@]12CC[C@H](O)C[C@H]1CCC1C2CC[C@]2(C)[C@@H](CCc3cc(CCN4C(=O)c5ccccc5C4=O)on3)CC[C@]12O.ICI.[I][V][I]. The molecule has 16 atom stereocenters. The Morgan fingerprint density at radius 3 is 1.48 bits per heavy atom. The number of aryl methyl sites for hydroxylation is 1. The van der Waals surface area contributed by atoms with Crippen LogP contribution >= 0.6 is 108 Å². The molecule has 0 spiro atoms. The van der Waals surface area contributed by atoms with E-state index in [0.717, 1.165) is 128 Å². The summed E-state index contributed by atoms with van der Waals surface area (Å²) in [5.74, 6) is 6.31. The Hall–Kier alpha value is -0.966. The van der Waals surface area contributed by atoms with Crippen LogP contribution in [0.5, 0.6) is 0 Å². The number of halogens is 5. The number of amides is 4. The van der Waals surface area contributed by atoms with E-state index in [9.17, 15) is 39.6 Å². The minimum absolute atomic E-state index is 0.00877. The molecule has 20 heteroatoms. The van der Waals surface area contributed by atoms with Crippen molar-refractivity contribution in [2.75, 3.05) is 20.5 Å². The molecular weight excluding hydrogens is 1740 g/mol. The van der Waals surface area contributed by atoms with Gasteiger partial charge in [0.2, 0.25) is 0 Å². The number of aromatic nitrogens is 1. The van der Waals surface area contributed by atoms with Crippen molar-refractivity contribution in [3.05, 3.63) is 88.3 Å². The van der Waals surface area contributed by atoms with Crippen molar-refractivity contribution < 1.29 is 58.8 Å². The van der Waals surface area contributed by atoms with Gasteiger partial charge in [-0.2, -0.15) is 0 Å². The predicted octanol–water partition coefficient (Wildman–Crippen LogP) is 15.9. The Morgan fingerprint density at radius 1 is 0.633 bits per heavy atom. The van der Waals surface area contributed by atoms with Gasteiger partial charge >= 0.3 is 49.4 Å². The first-order valence-electron chi connectivity index (χ1n) is 32.7. The third-order valence-electron chi connectivity index (χ3n) is 24.9. The molecular formula is C70H95I5N4O10V. The number of hydrogen-bond donors (Lipinski definition) is 5. The topological polar surface area (TPSA) is 214 Å². The van der Waals surface area contributed by atoms with E-state index < -0.39 is 11.2 Å². The van der Waals surface area contributed by atoms with Crippen LogP contribution in [0.25, 0.3) is 0 Å². The van der Waals surface area contributed by atoms with Gasteiger partial charge in [0.25, 0.3) is 23.6 Å². The van der Waals surface area contributed by atoms with E-state index in [1.807, 2.05) is 11.0 Å². The van der Waals surface area contributed by atoms with Gasteiger partial charge in [-0.3, -0.25) is 29.0 Å². The molecule has 1 aromatic heterocycles. The number of fused-ring (bicyclic) bond motifs is 12. The van der Waals surface area contributed by atoms with E-state index in [-0.39, 0.29) is 58.6 Å². The zero-order chi connectivity index (χ0) is 65.4. The van der Waals surface area contributed by atoms with Crippen LogP contribution in [0.4, 0.5) is 0 Å². The number of aliphatic hydroxyl groups excluding tert-OH is 2. The van der Waals surface area contributed by atoms with Gasteiger partial charge in [-0.25, -0.2) is 0 Å². The van der Waals surface area contributed by atoms with Crippen LogP contribution in [0.1, 0.15) is 222 Å². The molecule has 10 aliphatic rings. The molecule has 495 valence electrons. The van der Waals surface area contributed by atoms with Gasteiger partial charge in [0.15, 0.2) is 0 Å². The third-order valence-corrected chi connectivity index (χ3v) is 24.9. The summed E-state index contributed by atoms with van der Waals surface area (Å²) < 4.78 is 6.80.